The molecular weight excluding hydrogens is 202 g/mol. The fourth-order valence-electron chi connectivity index (χ4n) is 1.11. The molecule has 0 spiro atoms. The van der Waals surface area contributed by atoms with Gasteiger partial charge < -0.3 is 9.47 Å². The highest BCUT2D eigenvalue weighted by atomic mass is 35.5. The number of rotatable bonds is 3. The average molecular weight is 212 g/mol. The van der Waals surface area contributed by atoms with Crippen molar-refractivity contribution in [1.82, 2.24) is 0 Å². The minimum absolute atomic E-state index is 0.474. The number of hydrogen-bond donors (Lipinski definition) is 0. The van der Waals surface area contributed by atoms with Crippen LogP contribution in [0.15, 0.2) is 18.2 Å². The zero-order valence-corrected chi connectivity index (χ0v) is 8.71. The molecule has 0 fully saturated rings. The van der Waals surface area contributed by atoms with Gasteiger partial charge in [-0.1, -0.05) is 17.7 Å². The first kappa shape index (κ1) is 10.8. The lowest BCUT2D eigenvalue weighted by atomic mass is 10.1. The largest absolute Gasteiger partial charge is 0.495 e. The molecule has 0 aliphatic carbocycles. The Labute approximate surface area is 87.8 Å². The molecule has 1 atom stereocenters. The van der Waals surface area contributed by atoms with Gasteiger partial charge in [-0.2, -0.15) is 5.26 Å². The zero-order valence-electron chi connectivity index (χ0n) is 7.95. The van der Waals surface area contributed by atoms with Crippen molar-refractivity contribution in [3.63, 3.8) is 0 Å². The number of ether oxygens (including phenoxy) is 2. The number of nitrogens with zero attached hydrogens (tertiary/aromatic N) is 1. The highest BCUT2D eigenvalue weighted by molar-refractivity contribution is 6.32. The fourth-order valence-corrected chi connectivity index (χ4v) is 1.38. The molecular formula is C10H10ClNO2. The van der Waals surface area contributed by atoms with Crippen molar-refractivity contribution in [1.29, 1.82) is 5.26 Å². The van der Waals surface area contributed by atoms with E-state index in [1.807, 2.05) is 6.07 Å². The maximum Gasteiger partial charge on any atom is 0.168 e. The lowest BCUT2D eigenvalue weighted by molar-refractivity contribution is 0.148. The van der Waals surface area contributed by atoms with Crippen LogP contribution in [-0.2, 0) is 4.74 Å². The molecule has 4 heteroatoms. The second-order valence-electron chi connectivity index (χ2n) is 2.64. The molecule has 1 aromatic rings. The van der Waals surface area contributed by atoms with E-state index in [1.54, 1.807) is 25.3 Å². The van der Waals surface area contributed by atoms with E-state index in [4.69, 9.17) is 26.3 Å². The van der Waals surface area contributed by atoms with Crippen molar-refractivity contribution in [3.8, 4) is 11.8 Å². The fraction of sp³-hybridized carbons (Fsp3) is 0.300. The Morgan fingerprint density at radius 3 is 2.57 bits per heavy atom. The molecule has 1 rings (SSSR count). The minimum atomic E-state index is -0.585. The molecule has 0 aromatic heterocycles. The first-order valence-electron chi connectivity index (χ1n) is 3.98. The SMILES string of the molecule is COc1ccc(C(C#N)OC)cc1Cl. The molecule has 74 valence electrons. The van der Waals surface area contributed by atoms with Gasteiger partial charge in [-0.3, -0.25) is 0 Å². The molecule has 0 amide bonds. The lowest BCUT2D eigenvalue weighted by Gasteiger charge is -2.09. The second-order valence-corrected chi connectivity index (χ2v) is 3.05. The predicted octanol–water partition coefficient (Wildman–Crippen LogP) is 2.56. The number of methoxy groups -OCH3 is 2. The first-order chi connectivity index (χ1) is 6.72. The lowest BCUT2D eigenvalue weighted by Crippen LogP contribution is -1.98. The summed E-state index contributed by atoms with van der Waals surface area (Å²) in [5.41, 5.74) is 0.723. The Hall–Kier alpha value is -1.24. The molecule has 0 aliphatic heterocycles. The van der Waals surface area contributed by atoms with Crippen molar-refractivity contribution in [2.75, 3.05) is 14.2 Å². The summed E-state index contributed by atoms with van der Waals surface area (Å²) in [7, 11) is 3.02. The van der Waals surface area contributed by atoms with Crippen LogP contribution in [0.2, 0.25) is 5.02 Å². The highest BCUT2D eigenvalue weighted by Crippen LogP contribution is 2.28. The van der Waals surface area contributed by atoms with E-state index in [0.29, 0.717) is 10.8 Å². The van der Waals surface area contributed by atoms with E-state index >= 15 is 0 Å². The topological polar surface area (TPSA) is 42.2 Å². The van der Waals surface area contributed by atoms with Gasteiger partial charge >= 0.3 is 0 Å². The molecule has 0 N–H and O–H groups in total. The van der Waals surface area contributed by atoms with Crippen LogP contribution in [0.1, 0.15) is 11.7 Å². The van der Waals surface area contributed by atoms with Crippen LogP contribution in [0, 0.1) is 11.3 Å². The van der Waals surface area contributed by atoms with Gasteiger partial charge in [-0.15, -0.1) is 0 Å². The van der Waals surface area contributed by atoms with Gasteiger partial charge in [-0.25, -0.2) is 0 Å². The molecule has 14 heavy (non-hydrogen) atoms. The van der Waals surface area contributed by atoms with Gasteiger partial charge in [0.1, 0.15) is 5.75 Å². The van der Waals surface area contributed by atoms with E-state index < -0.39 is 6.10 Å². The van der Waals surface area contributed by atoms with E-state index in [1.165, 1.54) is 7.11 Å². The Bertz CT molecular complexity index is 360. The standard InChI is InChI=1S/C10H10ClNO2/c1-13-9-4-3-7(5-8(9)11)10(6-12)14-2/h3-5,10H,1-2H3. The van der Waals surface area contributed by atoms with Crippen molar-refractivity contribution < 1.29 is 9.47 Å². The first-order valence-corrected chi connectivity index (χ1v) is 4.36. The molecule has 0 saturated heterocycles. The second kappa shape index (κ2) is 4.85. The van der Waals surface area contributed by atoms with Crippen molar-refractivity contribution in [3.05, 3.63) is 28.8 Å². The number of nitriles is 1. The van der Waals surface area contributed by atoms with Crippen LogP contribution in [0.3, 0.4) is 0 Å². The third kappa shape index (κ3) is 2.16. The maximum atomic E-state index is 8.75. The Balaban J connectivity index is 3.03. The predicted molar refractivity (Wildman–Crippen MR) is 53.4 cm³/mol. The van der Waals surface area contributed by atoms with Gasteiger partial charge in [-0.05, 0) is 17.7 Å². The molecule has 1 unspecified atom stereocenters. The summed E-state index contributed by atoms with van der Waals surface area (Å²) in [6.45, 7) is 0. The van der Waals surface area contributed by atoms with Crippen LogP contribution in [0.25, 0.3) is 0 Å². The summed E-state index contributed by atoms with van der Waals surface area (Å²) >= 11 is 5.90. The van der Waals surface area contributed by atoms with E-state index in [2.05, 4.69) is 0 Å². The van der Waals surface area contributed by atoms with Gasteiger partial charge in [0, 0.05) is 7.11 Å². The molecule has 0 saturated carbocycles. The Morgan fingerprint density at radius 1 is 1.43 bits per heavy atom. The third-order valence-electron chi connectivity index (χ3n) is 1.83. The van der Waals surface area contributed by atoms with Crippen molar-refractivity contribution in [2.45, 2.75) is 6.10 Å². The quantitative estimate of drug-likeness (QED) is 0.772. The van der Waals surface area contributed by atoms with Crippen molar-refractivity contribution >= 4 is 11.6 Å². The maximum absolute atomic E-state index is 8.75. The zero-order chi connectivity index (χ0) is 10.6. The molecule has 0 aliphatic rings. The summed E-state index contributed by atoms with van der Waals surface area (Å²) in [5.74, 6) is 0.586. The molecule has 0 heterocycles. The summed E-state index contributed by atoms with van der Waals surface area (Å²) in [6, 6.07) is 7.14. The summed E-state index contributed by atoms with van der Waals surface area (Å²) in [4.78, 5) is 0. The van der Waals surface area contributed by atoms with Crippen LogP contribution < -0.4 is 4.74 Å². The average Bonchev–Trinajstić information content (AvgIpc) is 2.20. The number of hydrogen-bond acceptors (Lipinski definition) is 3. The van der Waals surface area contributed by atoms with Crippen LogP contribution in [0.4, 0.5) is 0 Å². The Kier molecular flexibility index (Phi) is 3.75. The highest BCUT2D eigenvalue weighted by Gasteiger charge is 2.10. The molecule has 0 bridgehead atoms. The Morgan fingerprint density at radius 2 is 2.14 bits per heavy atom. The molecule has 0 radical (unpaired) electrons. The molecule has 1 aromatic carbocycles. The molecule has 3 nitrogen and oxygen atoms in total. The third-order valence-corrected chi connectivity index (χ3v) is 2.13. The summed E-state index contributed by atoms with van der Waals surface area (Å²) in [5, 5.41) is 9.22. The van der Waals surface area contributed by atoms with Gasteiger partial charge in [0.15, 0.2) is 6.10 Å². The van der Waals surface area contributed by atoms with Gasteiger partial charge in [0.2, 0.25) is 0 Å². The van der Waals surface area contributed by atoms with E-state index in [9.17, 15) is 0 Å². The number of benzene rings is 1. The van der Waals surface area contributed by atoms with Crippen molar-refractivity contribution in [2.24, 2.45) is 0 Å². The smallest absolute Gasteiger partial charge is 0.168 e. The summed E-state index contributed by atoms with van der Waals surface area (Å²) < 4.78 is 9.94. The normalized spacial score (nSPS) is 11.9. The van der Waals surface area contributed by atoms with Crippen LogP contribution >= 0.6 is 11.6 Å². The van der Waals surface area contributed by atoms with Gasteiger partial charge in [0.05, 0.1) is 18.2 Å². The minimum Gasteiger partial charge on any atom is -0.495 e. The van der Waals surface area contributed by atoms with Crippen LogP contribution in [0.5, 0.6) is 5.75 Å². The van der Waals surface area contributed by atoms with E-state index in [-0.39, 0.29) is 0 Å². The van der Waals surface area contributed by atoms with Gasteiger partial charge in [0.25, 0.3) is 0 Å². The van der Waals surface area contributed by atoms with E-state index in [0.717, 1.165) is 5.56 Å². The van der Waals surface area contributed by atoms with Crippen LogP contribution in [-0.4, -0.2) is 14.2 Å². The summed E-state index contributed by atoms with van der Waals surface area (Å²) in [6.07, 6.45) is -0.585. The monoisotopic (exact) mass is 211 g/mol. The number of halogens is 1.